The van der Waals surface area contributed by atoms with Crippen molar-refractivity contribution in [2.45, 2.75) is 45.8 Å². The van der Waals surface area contributed by atoms with Crippen LogP contribution in [0.25, 0.3) is 0 Å². The molecule has 0 spiro atoms. The minimum absolute atomic E-state index is 0.117. The van der Waals surface area contributed by atoms with Crippen molar-refractivity contribution >= 4 is 17.4 Å². The molecule has 0 bridgehead atoms. The van der Waals surface area contributed by atoms with Crippen molar-refractivity contribution in [2.75, 3.05) is 10.6 Å². The molecule has 0 radical (unpaired) electrons. The van der Waals surface area contributed by atoms with Gasteiger partial charge in [0.05, 0.1) is 6.10 Å². The molecule has 1 aliphatic rings. The Hall–Kier alpha value is -2.63. The van der Waals surface area contributed by atoms with Crippen molar-refractivity contribution in [1.29, 1.82) is 0 Å². The first-order valence-electron chi connectivity index (χ1n) is 8.20. The van der Waals surface area contributed by atoms with Crippen molar-refractivity contribution in [3.8, 4) is 5.75 Å². The number of hydrogen-bond donors (Lipinski definition) is 2. The Morgan fingerprint density at radius 2 is 1.92 bits per heavy atom. The monoisotopic (exact) mass is 326 g/mol. The van der Waals surface area contributed by atoms with Gasteiger partial charge < -0.3 is 15.4 Å². The van der Waals surface area contributed by atoms with Crippen molar-refractivity contribution in [1.82, 2.24) is 9.97 Å². The van der Waals surface area contributed by atoms with E-state index in [9.17, 15) is 4.79 Å². The Balaban J connectivity index is 1.68. The van der Waals surface area contributed by atoms with Crippen LogP contribution in [0.1, 0.15) is 43.0 Å². The van der Waals surface area contributed by atoms with Crippen LogP contribution in [0.4, 0.5) is 11.5 Å². The fraction of sp³-hybridized carbons (Fsp3) is 0.389. The molecular formula is C18H22N4O2. The van der Waals surface area contributed by atoms with E-state index in [1.807, 2.05) is 38.1 Å². The summed E-state index contributed by atoms with van der Waals surface area (Å²) in [7, 11) is 0. The second kappa shape index (κ2) is 6.86. The van der Waals surface area contributed by atoms with E-state index in [-0.39, 0.29) is 12.0 Å². The maximum Gasteiger partial charge on any atom is 0.274 e. The summed E-state index contributed by atoms with van der Waals surface area (Å²) in [4.78, 5) is 21.0. The third-order valence-electron chi connectivity index (χ3n) is 3.48. The van der Waals surface area contributed by atoms with Gasteiger partial charge in [0.15, 0.2) is 0 Å². The first-order valence-corrected chi connectivity index (χ1v) is 8.20. The summed E-state index contributed by atoms with van der Waals surface area (Å²) in [6.45, 7) is 5.73. The highest BCUT2D eigenvalue weighted by Gasteiger charge is 2.22. The second-order valence-corrected chi connectivity index (χ2v) is 6.25. The normalized spacial score (nSPS) is 13.7. The standard InChI is InChI=1S/C18H22N4O2/c1-11(2)24-15-8-6-14(7-9-15)22-18(23)16-10-17(20-12(3)19-16)21-13-4-5-13/h6-11,13H,4-5H2,1-3H3,(H,22,23)(H,19,20,21). The predicted molar refractivity (Wildman–Crippen MR) is 93.6 cm³/mol. The first-order chi connectivity index (χ1) is 11.5. The minimum atomic E-state index is -0.253. The summed E-state index contributed by atoms with van der Waals surface area (Å²) in [6, 6.07) is 9.46. The summed E-state index contributed by atoms with van der Waals surface area (Å²) in [5, 5.41) is 6.14. The minimum Gasteiger partial charge on any atom is -0.491 e. The van der Waals surface area contributed by atoms with Gasteiger partial charge in [-0.1, -0.05) is 0 Å². The van der Waals surface area contributed by atoms with Gasteiger partial charge in [0.2, 0.25) is 0 Å². The molecule has 1 fully saturated rings. The van der Waals surface area contributed by atoms with Gasteiger partial charge >= 0.3 is 0 Å². The van der Waals surface area contributed by atoms with Gasteiger partial charge in [-0.05, 0) is 57.9 Å². The number of anilines is 2. The second-order valence-electron chi connectivity index (χ2n) is 6.25. The Morgan fingerprint density at radius 3 is 2.54 bits per heavy atom. The lowest BCUT2D eigenvalue weighted by Crippen LogP contribution is -2.16. The maximum atomic E-state index is 12.4. The number of ether oxygens (including phenoxy) is 1. The zero-order chi connectivity index (χ0) is 17.1. The van der Waals surface area contributed by atoms with E-state index < -0.39 is 0 Å². The fourth-order valence-corrected chi connectivity index (χ4v) is 2.28. The van der Waals surface area contributed by atoms with E-state index in [2.05, 4.69) is 20.6 Å². The van der Waals surface area contributed by atoms with Gasteiger partial charge in [-0.2, -0.15) is 0 Å². The topological polar surface area (TPSA) is 76.1 Å². The highest BCUT2D eigenvalue weighted by molar-refractivity contribution is 6.03. The van der Waals surface area contributed by atoms with Gasteiger partial charge in [-0.15, -0.1) is 0 Å². The summed E-state index contributed by atoms with van der Waals surface area (Å²) >= 11 is 0. The molecule has 6 nitrogen and oxygen atoms in total. The van der Waals surface area contributed by atoms with Crippen LogP contribution >= 0.6 is 0 Å². The number of rotatable bonds is 6. The number of carbonyl (C=O) groups excluding carboxylic acids is 1. The number of aryl methyl sites for hydroxylation is 1. The zero-order valence-corrected chi connectivity index (χ0v) is 14.2. The molecule has 6 heteroatoms. The number of nitrogens with zero attached hydrogens (tertiary/aromatic N) is 2. The highest BCUT2D eigenvalue weighted by Crippen LogP contribution is 2.24. The molecule has 126 valence electrons. The first kappa shape index (κ1) is 16.2. The van der Waals surface area contributed by atoms with E-state index in [4.69, 9.17) is 4.74 Å². The molecule has 1 aliphatic carbocycles. The molecule has 1 amide bonds. The summed E-state index contributed by atoms with van der Waals surface area (Å²) in [5.74, 6) is 1.80. The molecule has 0 saturated heterocycles. The van der Waals surface area contributed by atoms with E-state index in [0.29, 0.717) is 29.1 Å². The molecular weight excluding hydrogens is 304 g/mol. The molecule has 1 aromatic heterocycles. The van der Waals surface area contributed by atoms with E-state index >= 15 is 0 Å². The molecule has 0 unspecified atom stereocenters. The highest BCUT2D eigenvalue weighted by atomic mass is 16.5. The lowest BCUT2D eigenvalue weighted by atomic mass is 10.2. The summed E-state index contributed by atoms with van der Waals surface area (Å²) in [5.41, 5.74) is 1.05. The van der Waals surface area contributed by atoms with Crippen LogP contribution in [-0.2, 0) is 0 Å². The Morgan fingerprint density at radius 1 is 1.21 bits per heavy atom. The molecule has 0 atom stereocenters. The molecule has 2 N–H and O–H groups in total. The molecule has 24 heavy (non-hydrogen) atoms. The quantitative estimate of drug-likeness (QED) is 0.851. The summed E-state index contributed by atoms with van der Waals surface area (Å²) < 4.78 is 5.59. The maximum absolute atomic E-state index is 12.4. The molecule has 0 aliphatic heterocycles. The SMILES string of the molecule is Cc1nc(NC2CC2)cc(C(=O)Nc2ccc(OC(C)C)cc2)n1. The third kappa shape index (κ3) is 4.44. The number of aromatic nitrogens is 2. The van der Waals surface area contributed by atoms with E-state index in [1.54, 1.807) is 13.0 Å². The predicted octanol–water partition coefficient (Wildman–Crippen LogP) is 3.40. The Labute approximate surface area is 141 Å². The largest absolute Gasteiger partial charge is 0.491 e. The van der Waals surface area contributed by atoms with Crippen LogP contribution in [0.5, 0.6) is 5.75 Å². The van der Waals surface area contributed by atoms with Crippen molar-refractivity contribution in [3.05, 3.63) is 41.9 Å². The van der Waals surface area contributed by atoms with Crippen molar-refractivity contribution in [2.24, 2.45) is 0 Å². The number of carbonyl (C=O) groups is 1. The molecule has 1 saturated carbocycles. The van der Waals surface area contributed by atoms with Crippen LogP contribution in [0.2, 0.25) is 0 Å². The molecule has 3 rings (SSSR count). The lowest BCUT2D eigenvalue weighted by Gasteiger charge is -2.11. The zero-order valence-electron chi connectivity index (χ0n) is 14.2. The fourth-order valence-electron chi connectivity index (χ4n) is 2.28. The van der Waals surface area contributed by atoms with Crippen molar-refractivity contribution < 1.29 is 9.53 Å². The smallest absolute Gasteiger partial charge is 0.274 e. The Bertz CT molecular complexity index is 724. The van der Waals surface area contributed by atoms with Gasteiger partial charge in [0, 0.05) is 17.8 Å². The van der Waals surface area contributed by atoms with E-state index in [0.717, 1.165) is 18.6 Å². The number of nitrogens with one attached hydrogen (secondary N) is 2. The number of amides is 1. The summed E-state index contributed by atoms with van der Waals surface area (Å²) in [6.07, 6.45) is 2.41. The Kier molecular flexibility index (Phi) is 4.64. The third-order valence-corrected chi connectivity index (χ3v) is 3.48. The number of hydrogen-bond acceptors (Lipinski definition) is 5. The van der Waals surface area contributed by atoms with Gasteiger partial charge in [-0.3, -0.25) is 4.79 Å². The van der Waals surface area contributed by atoms with Crippen LogP contribution in [-0.4, -0.2) is 28.0 Å². The lowest BCUT2D eigenvalue weighted by molar-refractivity contribution is 0.102. The molecule has 1 heterocycles. The van der Waals surface area contributed by atoms with E-state index in [1.165, 1.54) is 0 Å². The van der Waals surface area contributed by atoms with Gasteiger partial charge in [0.25, 0.3) is 5.91 Å². The van der Waals surface area contributed by atoms with Gasteiger partial charge in [-0.25, -0.2) is 9.97 Å². The molecule has 1 aromatic carbocycles. The average molecular weight is 326 g/mol. The van der Waals surface area contributed by atoms with Crippen LogP contribution in [0.3, 0.4) is 0 Å². The van der Waals surface area contributed by atoms with Crippen LogP contribution in [0.15, 0.2) is 30.3 Å². The van der Waals surface area contributed by atoms with Gasteiger partial charge in [0.1, 0.15) is 23.1 Å². The van der Waals surface area contributed by atoms with Crippen LogP contribution in [0, 0.1) is 6.92 Å². The van der Waals surface area contributed by atoms with Crippen LogP contribution < -0.4 is 15.4 Å². The number of benzene rings is 1. The average Bonchev–Trinajstić information content (AvgIpc) is 3.32. The van der Waals surface area contributed by atoms with Crippen molar-refractivity contribution in [3.63, 3.8) is 0 Å². The molecule has 2 aromatic rings.